The van der Waals surface area contributed by atoms with Crippen molar-refractivity contribution in [3.8, 4) is 0 Å². The number of carbonyl (C=O) groups is 2. The number of piperazine rings is 1. The third-order valence-corrected chi connectivity index (χ3v) is 6.75. The average Bonchev–Trinajstić information content (AvgIpc) is 3.32. The van der Waals surface area contributed by atoms with E-state index in [0.717, 1.165) is 41.4 Å². The fourth-order valence-corrected chi connectivity index (χ4v) is 4.94. The third kappa shape index (κ3) is 5.21. The Labute approximate surface area is 181 Å². The van der Waals surface area contributed by atoms with E-state index in [9.17, 15) is 9.59 Å². The molecule has 0 aliphatic carbocycles. The van der Waals surface area contributed by atoms with E-state index in [1.165, 1.54) is 0 Å². The standard InChI is InChI=1S/C23H27N3O3S/c27-22(16-18-6-3-4-10-24-18)25-11-13-26(14-12-25)23(28)20-8-1-2-9-21(20)30-17-19-7-5-15-29-19/h1-4,6,8-10,19H,5,7,11-17H2. The molecular formula is C23H27N3O3S. The van der Waals surface area contributed by atoms with Crippen LogP contribution in [0.4, 0.5) is 0 Å². The number of benzene rings is 1. The minimum atomic E-state index is 0.0438. The number of nitrogens with zero attached hydrogens (tertiary/aromatic N) is 3. The summed E-state index contributed by atoms with van der Waals surface area (Å²) in [5.74, 6) is 0.982. The van der Waals surface area contributed by atoms with Crippen LogP contribution in [0.2, 0.25) is 0 Å². The number of hydrogen-bond donors (Lipinski definition) is 0. The molecule has 7 heteroatoms. The highest BCUT2D eigenvalue weighted by molar-refractivity contribution is 7.99. The van der Waals surface area contributed by atoms with Crippen LogP contribution in [-0.4, -0.2) is 71.2 Å². The molecule has 0 bridgehead atoms. The largest absolute Gasteiger partial charge is 0.377 e. The van der Waals surface area contributed by atoms with E-state index in [1.807, 2.05) is 52.3 Å². The molecule has 1 aromatic heterocycles. The zero-order valence-electron chi connectivity index (χ0n) is 17.0. The highest BCUT2D eigenvalue weighted by Crippen LogP contribution is 2.27. The van der Waals surface area contributed by atoms with Crippen molar-refractivity contribution in [3.63, 3.8) is 0 Å². The van der Waals surface area contributed by atoms with E-state index in [1.54, 1.807) is 18.0 Å². The first-order chi connectivity index (χ1) is 14.7. The number of pyridine rings is 1. The number of hydrogen-bond acceptors (Lipinski definition) is 5. The lowest BCUT2D eigenvalue weighted by molar-refractivity contribution is -0.132. The van der Waals surface area contributed by atoms with E-state index in [2.05, 4.69) is 4.98 Å². The van der Waals surface area contributed by atoms with E-state index >= 15 is 0 Å². The smallest absolute Gasteiger partial charge is 0.255 e. The molecule has 30 heavy (non-hydrogen) atoms. The maximum Gasteiger partial charge on any atom is 0.255 e. The summed E-state index contributed by atoms with van der Waals surface area (Å²) in [6.45, 7) is 3.06. The Morgan fingerprint density at radius 1 is 1.03 bits per heavy atom. The van der Waals surface area contributed by atoms with Gasteiger partial charge in [-0.25, -0.2) is 0 Å². The quantitative estimate of drug-likeness (QED) is 0.666. The highest BCUT2D eigenvalue weighted by atomic mass is 32.2. The molecule has 2 aliphatic heterocycles. The van der Waals surface area contributed by atoms with Gasteiger partial charge in [-0.15, -0.1) is 11.8 Å². The number of rotatable bonds is 6. The molecule has 158 valence electrons. The highest BCUT2D eigenvalue weighted by Gasteiger charge is 2.26. The van der Waals surface area contributed by atoms with Gasteiger partial charge in [-0.2, -0.15) is 0 Å². The maximum atomic E-state index is 13.2. The minimum absolute atomic E-state index is 0.0438. The Hall–Kier alpha value is -2.38. The summed E-state index contributed by atoms with van der Waals surface area (Å²) in [6.07, 6.45) is 4.50. The molecule has 0 radical (unpaired) electrons. The maximum absolute atomic E-state index is 13.2. The van der Waals surface area contributed by atoms with Crippen molar-refractivity contribution in [2.75, 3.05) is 38.5 Å². The number of ether oxygens (including phenoxy) is 1. The van der Waals surface area contributed by atoms with E-state index in [4.69, 9.17) is 4.74 Å². The number of thioether (sulfide) groups is 1. The van der Waals surface area contributed by atoms with Crippen LogP contribution >= 0.6 is 11.8 Å². The van der Waals surface area contributed by atoms with Crippen molar-refractivity contribution < 1.29 is 14.3 Å². The van der Waals surface area contributed by atoms with Gasteiger partial charge in [-0.05, 0) is 37.1 Å². The molecule has 1 atom stereocenters. The van der Waals surface area contributed by atoms with Crippen LogP contribution in [0.1, 0.15) is 28.9 Å². The molecule has 2 aliphatic rings. The first-order valence-electron chi connectivity index (χ1n) is 10.5. The first kappa shape index (κ1) is 20.9. The molecule has 3 heterocycles. The molecule has 0 saturated carbocycles. The molecule has 6 nitrogen and oxygen atoms in total. The van der Waals surface area contributed by atoms with Crippen LogP contribution in [0.15, 0.2) is 53.6 Å². The molecule has 2 fully saturated rings. The molecule has 0 spiro atoms. The first-order valence-corrected chi connectivity index (χ1v) is 11.5. The van der Waals surface area contributed by atoms with Crippen molar-refractivity contribution in [3.05, 3.63) is 59.9 Å². The second kappa shape index (κ2) is 10.1. The molecule has 2 amide bonds. The second-order valence-electron chi connectivity index (χ2n) is 7.61. The Kier molecular flexibility index (Phi) is 7.02. The predicted octanol–water partition coefficient (Wildman–Crippen LogP) is 2.88. The summed E-state index contributed by atoms with van der Waals surface area (Å²) in [4.78, 5) is 34.6. The molecule has 0 N–H and O–H groups in total. The Morgan fingerprint density at radius 2 is 1.80 bits per heavy atom. The van der Waals surface area contributed by atoms with E-state index < -0.39 is 0 Å². The van der Waals surface area contributed by atoms with Crippen LogP contribution in [0.5, 0.6) is 0 Å². The summed E-state index contributed by atoms with van der Waals surface area (Å²) in [7, 11) is 0. The predicted molar refractivity (Wildman–Crippen MR) is 117 cm³/mol. The van der Waals surface area contributed by atoms with Crippen LogP contribution in [0.25, 0.3) is 0 Å². The Bertz CT molecular complexity index is 863. The number of amides is 2. The zero-order chi connectivity index (χ0) is 20.8. The van der Waals surface area contributed by atoms with Gasteiger partial charge in [0.1, 0.15) is 0 Å². The van der Waals surface area contributed by atoms with Gasteiger partial charge in [0.15, 0.2) is 0 Å². The fraction of sp³-hybridized carbons (Fsp3) is 0.435. The molecule has 2 aromatic rings. The van der Waals surface area contributed by atoms with Crippen molar-refractivity contribution in [2.45, 2.75) is 30.3 Å². The monoisotopic (exact) mass is 425 g/mol. The van der Waals surface area contributed by atoms with Crippen molar-refractivity contribution in [2.24, 2.45) is 0 Å². The molecule has 1 unspecified atom stereocenters. The summed E-state index contributed by atoms with van der Waals surface area (Å²) in [5, 5.41) is 0. The van der Waals surface area contributed by atoms with Gasteiger partial charge < -0.3 is 14.5 Å². The van der Waals surface area contributed by atoms with E-state index in [0.29, 0.717) is 32.6 Å². The lowest BCUT2D eigenvalue weighted by atomic mass is 10.1. The van der Waals surface area contributed by atoms with Crippen LogP contribution in [0.3, 0.4) is 0 Å². The lowest BCUT2D eigenvalue weighted by Gasteiger charge is -2.35. The summed E-state index contributed by atoms with van der Waals surface area (Å²) in [6, 6.07) is 13.4. The van der Waals surface area contributed by atoms with Gasteiger partial charge in [-0.1, -0.05) is 18.2 Å². The van der Waals surface area contributed by atoms with Gasteiger partial charge >= 0.3 is 0 Å². The van der Waals surface area contributed by atoms with Crippen molar-refractivity contribution in [1.82, 2.24) is 14.8 Å². The van der Waals surface area contributed by atoms with Crippen molar-refractivity contribution in [1.29, 1.82) is 0 Å². The minimum Gasteiger partial charge on any atom is -0.377 e. The van der Waals surface area contributed by atoms with Gasteiger partial charge in [0, 0.05) is 55.3 Å². The summed E-state index contributed by atoms with van der Waals surface area (Å²) in [5.41, 5.74) is 1.52. The SMILES string of the molecule is O=C(Cc1ccccn1)N1CCN(C(=O)c2ccccc2SCC2CCCO2)CC1. The van der Waals surface area contributed by atoms with Crippen molar-refractivity contribution >= 4 is 23.6 Å². The van der Waals surface area contributed by atoms with Gasteiger partial charge in [-0.3, -0.25) is 14.6 Å². The average molecular weight is 426 g/mol. The van der Waals surface area contributed by atoms with Gasteiger partial charge in [0.2, 0.25) is 5.91 Å². The van der Waals surface area contributed by atoms with Gasteiger partial charge in [0.25, 0.3) is 5.91 Å². The van der Waals surface area contributed by atoms with Crippen LogP contribution in [0, 0.1) is 0 Å². The Balaban J connectivity index is 1.32. The van der Waals surface area contributed by atoms with Gasteiger partial charge in [0.05, 0.1) is 18.1 Å². The number of carbonyl (C=O) groups excluding carboxylic acids is 2. The van der Waals surface area contributed by atoms with E-state index in [-0.39, 0.29) is 17.9 Å². The third-order valence-electron chi connectivity index (χ3n) is 5.54. The summed E-state index contributed by atoms with van der Waals surface area (Å²) >= 11 is 1.70. The lowest BCUT2D eigenvalue weighted by Crippen LogP contribution is -2.51. The van der Waals surface area contributed by atoms with Crippen LogP contribution in [-0.2, 0) is 16.0 Å². The molecule has 4 rings (SSSR count). The fourth-order valence-electron chi connectivity index (χ4n) is 3.83. The molecule has 1 aromatic carbocycles. The normalized spacial score (nSPS) is 19.1. The number of aromatic nitrogens is 1. The molecular weight excluding hydrogens is 398 g/mol. The Morgan fingerprint density at radius 3 is 2.53 bits per heavy atom. The zero-order valence-corrected chi connectivity index (χ0v) is 17.9. The van der Waals surface area contributed by atoms with Crippen LogP contribution < -0.4 is 0 Å². The topological polar surface area (TPSA) is 62.7 Å². The molecule has 2 saturated heterocycles. The summed E-state index contributed by atoms with van der Waals surface area (Å²) < 4.78 is 5.71. The second-order valence-corrected chi connectivity index (χ2v) is 8.67.